The lowest BCUT2D eigenvalue weighted by molar-refractivity contribution is -0.137. The van der Waals surface area contributed by atoms with E-state index >= 15 is 0 Å². The third-order valence-electron chi connectivity index (χ3n) is 3.97. The Balaban J connectivity index is 1.78. The zero-order valence-corrected chi connectivity index (χ0v) is 13.8. The van der Waals surface area contributed by atoms with Crippen molar-refractivity contribution in [1.82, 2.24) is 0 Å². The molecular weight excluding hydrogens is 339 g/mol. The number of hydrogen-bond donors (Lipinski definition) is 1. The zero-order chi connectivity index (χ0) is 18.6. The third kappa shape index (κ3) is 4.30. The standard InChI is InChI=1S/C21H16F3NO/c22-21(23,24)17-10-12-18(13-11-17)25-20(26)19-9-5-4-8-16(19)14-15-6-2-1-3-7-15/h1-13H,14H2,(H,25,26). The summed E-state index contributed by atoms with van der Waals surface area (Å²) in [5.74, 6) is -0.351. The van der Waals surface area contributed by atoms with E-state index in [1.807, 2.05) is 42.5 Å². The van der Waals surface area contributed by atoms with Crippen molar-refractivity contribution in [2.24, 2.45) is 0 Å². The maximum atomic E-state index is 12.6. The number of anilines is 1. The Labute approximate surface area is 149 Å². The summed E-state index contributed by atoms with van der Waals surface area (Å²) in [4.78, 5) is 12.6. The molecule has 0 radical (unpaired) electrons. The Morgan fingerprint density at radius 2 is 1.42 bits per heavy atom. The van der Waals surface area contributed by atoms with Crippen LogP contribution in [0.5, 0.6) is 0 Å². The van der Waals surface area contributed by atoms with Crippen LogP contribution in [0.15, 0.2) is 78.9 Å². The molecule has 3 rings (SSSR count). The Morgan fingerprint density at radius 1 is 0.808 bits per heavy atom. The Kier molecular flexibility index (Phi) is 5.07. The van der Waals surface area contributed by atoms with Crippen LogP contribution in [0.25, 0.3) is 0 Å². The smallest absolute Gasteiger partial charge is 0.322 e. The molecule has 0 aliphatic heterocycles. The number of nitrogens with one attached hydrogen (secondary N) is 1. The first-order valence-corrected chi connectivity index (χ1v) is 8.04. The van der Waals surface area contributed by atoms with Gasteiger partial charge in [-0.1, -0.05) is 48.5 Å². The fraction of sp³-hybridized carbons (Fsp3) is 0.0952. The molecule has 1 N–H and O–H groups in total. The molecule has 0 unspecified atom stereocenters. The van der Waals surface area contributed by atoms with Gasteiger partial charge in [-0.15, -0.1) is 0 Å². The van der Waals surface area contributed by atoms with Crippen molar-refractivity contribution in [2.45, 2.75) is 12.6 Å². The molecule has 0 bridgehead atoms. The van der Waals surface area contributed by atoms with E-state index in [0.29, 0.717) is 17.7 Å². The fourth-order valence-corrected chi connectivity index (χ4v) is 2.65. The van der Waals surface area contributed by atoms with E-state index in [1.165, 1.54) is 12.1 Å². The molecule has 0 aliphatic rings. The first-order valence-electron chi connectivity index (χ1n) is 8.04. The summed E-state index contributed by atoms with van der Waals surface area (Å²) in [6.07, 6.45) is -3.80. The van der Waals surface area contributed by atoms with Crippen LogP contribution in [-0.2, 0) is 12.6 Å². The number of halogens is 3. The fourth-order valence-electron chi connectivity index (χ4n) is 2.65. The molecule has 0 spiro atoms. The second-order valence-corrected chi connectivity index (χ2v) is 5.85. The minimum Gasteiger partial charge on any atom is -0.322 e. The first-order chi connectivity index (χ1) is 12.4. The van der Waals surface area contributed by atoms with Crippen molar-refractivity contribution in [1.29, 1.82) is 0 Å². The molecule has 0 aliphatic carbocycles. The molecule has 0 atom stereocenters. The molecule has 26 heavy (non-hydrogen) atoms. The summed E-state index contributed by atoms with van der Waals surface area (Å²) in [6, 6.07) is 21.3. The van der Waals surface area contributed by atoms with Gasteiger partial charge in [0.25, 0.3) is 5.91 Å². The van der Waals surface area contributed by atoms with Crippen molar-refractivity contribution in [3.05, 3.63) is 101 Å². The van der Waals surface area contributed by atoms with Gasteiger partial charge < -0.3 is 5.32 Å². The van der Waals surface area contributed by atoms with Crippen molar-refractivity contribution < 1.29 is 18.0 Å². The average Bonchev–Trinajstić information content (AvgIpc) is 2.63. The van der Waals surface area contributed by atoms with Gasteiger partial charge in [-0.05, 0) is 47.9 Å². The predicted octanol–water partition coefficient (Wildman–Crippen LogP) is 5.55. The van der Waals surface area contributed by atoms with Gasteiger partial charge in [0.1, 0.15) is 0 Å². The maximum absolute atomic E-state index is 12.6. The van der Waals surface area contributed by atoms with Gasteiger partial charge in [-0.25, -0.2) is 0 Å². The number of hydrogen-bond acceptors (Lipinski definition) is 1. The Bertz CT molecular complexity index is 887. The number of rotatable bonds is 4. The molecular formula is C21H16F3NO. The summed E-state index contributed by atoms with van der Waals surface area (Å²) in [7, 11) is 0. The lowest BCUT2D eigenvalue weighted by Crippen LogP contribution is -2.14. The first kappa shape index (κ1) is 17.7. The SMILES string of the molecule is O=C(Nc1ccc(C(F)(F)F)cc1)c1ccccc1Cc1ccccc1. The molecule has 2 nitrogen and oxygen atoms in total. The summed E-state index contributed by atoms with van der Waals surface area (Å²) < 4.78 is 37.9. The van der Waals surface area contributed by atoms with Crippen LogP contribution in [0.1, 0.15) is 27.0 Å². The van der Waals surface area contributed by atoms with Crippen molar-refractivity contribution in [3.8, 4) is 0 Å². The molecule has 0 fully saturated rings. The van der Waals surface area contributed by atoms with Crippen LogP contribution in [-0.4, -0.2) is 5.91 Å². The largest absolute Gasteiger partial charge is 0.416 e. The number of carbonyl (C=O) groups is 1. The van der Waals surface area contributed by atoms with E-state index in [4.69, 9.17) is 0 Å². The summed E-state index contributed by atoms with van der Waals surface area (Å²) in [5, 5.41) is 2.66. The van der Waals surface area contributed by atoms with E-state index in [1.54, 1.807) is 12.1 Å². The number of alkyl halides is 3. The molecule has 0 saturated carbocycles. The molecule has 0 saturated heterocycles. The summed E-state index contributed by atoms with van der Waals surface area (Å²) >= 11 is 0. The monoisotopic (exact) mass is 355 g/mol. The summed E-state index contributed by atoms with van der Waals surface area (Å²) in [6.45, 7) is 0. The van der Waals surface area contributed by atoms with Crippen LogP contribution in [0.4, 0.5) is 18.9 Å². The van der Waals surface area contributed by atoms with E-state index in [2.05, 4.69) is 5.32 Å². The molecule has 132 valence electrons. The highest BCUT2D eigenvalue weighted by atomic mass is 19.4. The number of benzene rings is 3. The minimum atomic E-state index is -4.40. The number of amides is 1. The molecule has 5 heteroatoms. The quantitative estimate of drug-likeness (QED) is 0.653. The highest BCUT2D eigenvalue weighted by molar-refractivity contribution is 6.05. The molecule has 3 aromatic carbocycles. The van der Waals surface area contributed by atoms with Gasteiger partial charge in [0.15, 0.2) is 0 Å². The van der Waals surface area contributed by atoms with Gasteiger partial charge in [0.2, 0.25) is 0 Å². The van der Waals surface area contributed by atoms with E-state index in [0.717, 1.165) is 23.3 Å². The van der Waals surface area contributed by atoms with Crippen LogP contribution in [0, 0.1) is 0 Å². The summed E-state index contributed by atoms with van der Waals surface area (Å²) in [5.41, 5.74) is 1.99. The van der Waals surface area contributed by atoms with Crippen molar-refractivity contribution in [2.75, 3.05) is 5.32 Å². The maximum Gasteiger partial charge on any atom is 0.416 e. The van der Waals surface area contributed by atoms with E-state index in [9.17, 15) is 18.0 Å². The average molecular weight is 355 g/mol. The Hall–Kier alpha value is -3.08. The van der Waals surface area contributed by atoms with Crippen LogP contribution in [0.2, 0.25) is 0 Å². The normalized spacial score (nSPS) is 11.2. The number of carbonyl (C=O) groups excluding carboxylic acids is 1. The minimum absolute atomic E-state index is 0.317. The Morgan fingerprint density at radius 3 is 2.08 bits per heavy atom. The lowest BCUT2D eigenvalue weighted by atomic mass is 9.99. The highest BCUT2D eigenvalue weighted by Gasteiger charge is 2.30. The van der Waals surface area contributed by atoms with E-state index in [-0.39, 0.29) is 5.91 Å². The molecule has 0 aromatic heterocycles. The van der Waals surface area contributed by atoms with Gasteiger partial charge in [0.05, 0.1) is 5.56 Å². The highest BCUT2D eigenvalue weighted by Crippen LogP contribution is 2.30. The van der Waals surface area contributed by atoms with Gasteiger partial charge >= 0.3 is 6.18 Å². The third-order valence-corrected chi connectivity index (χ3v) is 3.97. The van der Waals surface area contributed by atoms with Gasteiger partial charge in [0, 0.05) is 11.3 Å². The molecule has 0 heterocycles. The second kappa shape index (κ2) is 7.44. The topological polar surface area (TPSA) is 29.1 Å². The van der Waals surface area contributed by atoms with Crippen LogP contribution < -0.4 is 5.32 Å². The van der Waals surface area contributed by atoms with Crippen molar-refractivity contribution in [3.63, 3.8) is 0 Å². The molecule has 3 aromatic rings. The second-order valence-electron chi connectivity index (χ2n) is 5.85. The van der Waals surface area contributed by atoms with Crippen LogP contribution >= 0.6 is 0 Å². The zero-order valence-electron chi connectivity index (χ0n) is 13.8. The van der Waals surface area contributed by atoms with Gasteiger partial charge in [-0.3, -0.25) is 4.79 Å². The van der Waals surface area contributed by atoms with Crippen LogP contribution in [0.3, 0.4) is 0 Å². The van der Waals surface area contributed by atoms with E-state index < -0.39 is 11.7 Å². The van der Waals surface area contributed by atoms with Gasteiger partial charge in [-0.2, -0.15) is 13.2 Å². The molecule has 1 amide bonds. The predicted molar refractivity (Wildman–Crippen MR) is 95.1 cm³/mol. The lowest BCUT2D eigenvalue weighted by Gasteiger charge is -2.11. The van der Waals surface area contributed by atoms with Crippen molar-refractivity contribution >= 4 is 11.6 Å².